The Bertz CT molecular complexity index is 600. The number of unbranched alkanes of at least 4 members (excludes halogenated alkanes) is 1. The second kappa shape index (κ2) is 12.7. The first-order chi connectivity index (χ1) is 9.93. The maximum absolute atomic E-state index is 2.58. The Balaban J connectivity index is -0.00000121. The van der Waals surface area contributed by atoms with Crippen molar-refractivity contribution in [2.24, 2.45) is 0 Å². The third kappa shape index (κ3) is 5.93. The summed E-state index contributed by atoms with van der Waals surface area (Å²) in [5.74, 6) is 0. The number of rotatable bonds is 5. The van der Waals surface area contributed by atoms with Crippen LogP contribution in [0.4, 0.5) is 0 Å². The van der Waals surface area contributed by atoms with E-state index in [0.29, 0.717) is 0 Å². The third-order valence-electron chi connectivity index (χ3n) is 5.43. The molecule has 0 heterocycles. The molecule has 0 aliphatic heterocycles. The number of hydrogen-bond donors (Lipinski definition) is 0. The zero-order valence-corrected chi connectivity index (χ0v) is 21.2. The zero-order chi connectivity index (χ0) is 15.6. The van der Waals surface area contributed by atoms with Crippen molar-refractivity contribution >= 4 is 55.7 Å². The molecule has 142 valence electrons. The maximum Gasteiger partial charge on any atom is 0.0564 e. The van der Waals surface area contributed by atoms with Gasteiger partial charge in [0.2, 0.25) is 0 Å². The zero-order valence-electron chi connectivity index (χ0n) is 16.2. The second-order valence-corrected chi connectivity index (χ2v) is 10.9. The van der Waals surface area contributed by atoms with Crippen LogP contribution in [0, 0.1) is 27.7 Å². The van der Waals surface area contributed by atoms with Gasteiger partial charge >= 0.3 is 0 Å². The van der Waals surface area contributed by atoms with Crippen molar-refractivity contribution in [1.29, 1.82) is 0 Å². The fourth-order valence-electron chi connectivity index (χ4n) is 3.80. The Kier molecular flexibility index (Phi) is 15.3. The Hall–Kier alpha value is 0.371. The monoisotopic (exact) mass is 453 g/mol. The molecule has 0 radical (unpaired) electrons. The molecule has 0 nitrogen and oxygen atoms in total. The molecule has 0 amide bonds. The van der Waals surface area contributed by atoms with Gasteiger partial charge in [-0.2, -0.15) is 22.3 Å². The topological polar surface area (TPSA) is 0 Å². The summed E-state index contributed by atoms with van der Waals surface area (Å²) >= 11 is 0. The summed E-state index contributed by atoms with van der Waals surface area (Å²) in [5.41, 5.74) is 6.13. The van der Waals surface area contributed by atoms with Crippen LogP contribution in [-0.4, -0.2) is 8.07 Å². The van der Waals surface area contributed by atoms with Gasteiger partial charge in [0.1, 0.15) is 0 Å². The molecule has 0 aliphatic carbocycles. The number of hydrogen-bond acceptors (Lipinski definition) is 0. The van der Waals surface area contributed by atoms with Crippen LogP contribution >= 0.6 is 37.2 Å². The molecule has 0 bridgehead atoms. The SMILES string of the molecule is CCCC[Si](C)(c1ccccc1)[c-]1c(C)c(C)c(C)c1C.Cl.Cl.Cl.[Ti]. The maximum atomic E-state index is 2.58. The van der Waals surface area contributed by atoms with Gasteiger partial charge in [-0.05, 0) is 0 Å². The van der Waals surface area contributed by atoms with E-state index >= 15 is 0 Å². The first kappa shape index (κ1) is 30.1. The molecule has 2 aromatic rings. The van der Waals surface area contributed by atoms with Gasteiger partial charge in [-0.1, -0.05) is 95.6 Å². The van der Waals surface area contributed by atoms with Gasteiger partial charge in [-0.3, -0.25) is 0 Å². The Labute approximate surface area is 189 Å². The summed E-state index contributed by atoms with van der Waals surface area (Å²) in [5, 5.41) is 3.30. The van der Waals surface area contributed by atoms with E-state index in [0.717, 1.165) is 0 Å². The van der Waals surface area contributed by atoms with Gasteiger partial charge in [-0.15, -0.1) is 42.4 Å². The van der Waals surface area contributed by atoms with E-state index in [1.54, 1.807) is 21.5 Å². The molecular weight excluding hydrogens is 423 g/mol. The van der Waals surface area contributed by atoms with Crippen LogP contribution < -0.4 is 10.4 Å². The first-order valence-electron chi connectivity index (χ1n) is 8.22. The largest absolute Gasteiger partial charge is 0.196 e. The van der Waals surface area contributed by atoms with E-state index < -0.39 is 8.07 Å². The van der Waals surface area contributed by atoms with E-state index in [1.165, 1.54) is 30.0 Å². The van der Waals surface area contributed by atoms with Crippen molar-refractivity contribution in [3.63, 3.8) is 0 Å². The molecule has 0 N–H and O–H groups in total. The van der Waals surface area contributed by atoms with Crippen molar-refractivity contribution in [3.05, 3.63) is 52.6 Å². The first-order valence-corrected chi connectivity index (χ1v) is 10.9. The van der Waals surface area contributed by atoms with Crippen LogP contribution in [0.5, 0.6) is 0 Å². The van der Waals surface area contributed by atoms with Gasteiger partial charge in [-0.25, -0.2) is 0 Å². The number of halogens is 3. The van der Waals surface area contributed by atoms with E-state index in [2.05, 4.69) is 71.5 Å². The minimum absolute atomic E-state index is 0. The van der Waals surface area contributed by atoms with E-state index in [1.807, 2.05) is 0 Å². The van der Waals surface area contributed by atoms with Crippen molar-refractivity contribution < 1.29 is 21.7 Å². The third-order valence-corrected chi connectivity index (χ3v) is 10.2. The smallest absolute Gasteiger partial charge is 0.0564 e. The predicted octanol–water partition coefficient (Wildman–Crippen LogP) is 5.89. The predicted molar refractivity (Wildman–Crippen MR) is 120 cm³/mol. The Morgan fingerprint density at radius 3 is 1.68 bits per heavy atom. The molecule has 0 aliphatic rings. The number of benzene rings is 1. The van der Waals surface area contributed by atoms with Crippen molar-refractivity contribution in [1.82, 2.24) is 0 Å². The molecule has 0 aromatic heterocycles. The standard InChI is InChI=1S/C20H29Si.3ClH.Ti/c1-7-8-14-21(6,19-12-10-9-11-13-19)20-17(4)15(2)16(3)18(20)5;;;;/h9-13H,7-8,14H2,1-6H3;3*1H;/q-1;;;;. The summed E-state index contributed by atoms with van der Waals surface area (Å²) in [6.45, 7) is 14.1. The molecule has 1 atom stereocenters. The fourth-order valence-corrected chi connectivity index (χ4v) is 8.64. The van der Waals surface area contributed by atoms with Crippen LogP contribution in [0.2, 0.25) is 12.6 Å². The summed E-state index contributed by atoms with van der Waals surface area (Å²) in [7, 11) is -1.62. The normalized spacial score (nSPS) is 11.9. The van der Waals surface area contributed by atoms with Gasteiger partial charge in [0.15, 0.2) is 0 Å². The average Bonchev–Trinajstić information content (AvgIpc) is 2.70. The van der Waals surface area contributed by atoms with E-state index in [4.69, 9.17) is 0 Å². The summed E-state index contributed by atoms with van der Waals surface area (Å²) in [6.07, 6.45) is 2.62. The van der Waals surface area contributed by atoms with Crippen LogP contribution in [0.1, 0.15) is 42.0 Å². The quantitative estimate of drug-likeness (QED) is 0.390. The molecule has 2 rings (SSSR count). The van der Waals surface area contributed by atoms with Gasteiger partial charge < -0.3 is 0 Å². The van der Waals surface area contributed by atoms with Crippen molar-refractivity contribution in [3.8, 4) is 0 Å². The molecule has 25 heavy (non-hydrogen) atoms. The van der Waals surface area contributed by atoms with Crippen LogP contribution in [0.15, 0.2) is 30.3 Å². The minimum Gasteiger partial charge on any atom is -0.196 e. The van der Waals surface area contributed by atoms with E-state index in [-0.39, 0.29) is 58.9 Å². The van der Waals surface area contributed by atoms with Gasteiger partial charge in [0.25, 0.3) is 0 Å². The molecule has 0 fully saturated rings. The summed E-state index contributed by atoms with van der Waals surface area (Å²) in [4.78, 5) is 0. The molecule has 0 spiro atoms. The van der Waals surface area contributed by atoms with Crippen LogP contribution in [0.25, 0.3) is 0 Å². The van der Waals surface area contributed by atoms with Gasteiger partial charge in [0.05, 0.1) is 8.07 Å². The van der Waals surface area contributed by atoms with Crippen molar-refractivity contribution in [2.75, 3.05) is 0 Å². The Morgan fingerprint density at radius 2 is 1.28 bits per heavy atom. The fraction of sp³-hybridized carbons (Fsp3) is 0.450. The second-order valence-electron chi connectivity index (χ2n) is 6.68. The van der Waals surface area contributed by atoms with E-state index in [9.17, 15) is 0 Å². The molecule has 5 heteroatoms. The summed E-state index contributed by atoms with van der Waals surface area (Å²) in [6, 6.07) is 12.6. The molecule has 0 saturated heterocycles. The molecule has 1 unspecified atom stereocenters. The molecule has 2 aromatic carbocycles. The molecular formula is C20H32Cl3SiTi-. The minimum atomic E-state index is -1.62. The van der Waals surface area contributed by atoms with Crippen LogP contribution in [-0.2, 0) is 21.7 Å². The van der Waals surface area contributed by atoms with Crippen LogP contribution in [0.3, 0.4) is 0 Å². The van der Waals surface area contributed by atoms with Crippen molar-refractivity contribution in [2.45, 2.75) is 60.1 Å². The Morgan fingerprint density at radius 1 is 0.840 bits per heavy atom. The van der Waals surface area contributed by atoms with Gasteiger partial charge in [0, 0.05) is 21.7 Å². The average molecular weight is 455 g/mol. The summed E-state index contributed by atoms with van der Waals surface area (Å²) < 4.78 is 0. The molecule has 0 saturated carbocycles.